The maximum absolute atomic E-state index is 12.6. The fraction of sp³-hybridized carbons (Fsp3) is 0.600. The number of hydrogen-bond acceptors (Lipinski definition) is 3. The van der Waals surface area contributed by atoms with Crippen LogP contribution in [0.15, 0.2) is 18.2 Å². The highest BCUT2D eigenvalue weighted by molar-refractivity contribution is 5.36. The van der Waals surface area contributed by atoms with Crippen LogP contribution in [0.2, 0.25) is 0 Å². The molecule has 0 fully saturated rings. The molecule has 0 saturated heterocycles. The van der Waals surface area contributed by atoms with E-state index in [0.29, 0.717) is 25.5 Å². The van der Waals surface area contributed by atoms with Gasteiger partial charge in [-0.05, 0) is 37.2 Å². The average Bonchev–Trinajstić information content (AvgIpc) is 2.41. The molecule has 120 valence electrons. The Kier molecular flexibility index (Phi) is 6.98. The molecule has 0 atom stereocenters. The molecule has 21 heavy (non-hydrogen) atoms. The number of hydrogen-bond donors (Lipinski definition) is 0. The molecule has 0 aliphatic carbocycles. The SMILES string of the molecule is CCN(CCOC)CCOc1ccc(C(F)(F)F)c(C)c1. The molecular formula is C15H22F3NO2. The Hall–Kier alpha value is -1.27. The fourth-order valence-electron chi connectivity index (χ4n) is 1.99. The summed E-state index contributed by atoms with van der Waals surface area (Å²) < 4.78 is 48.5. The largest absolute Gasteiger partial charge is 0.492 e. The maximum Gasteiger partial charge on any atom is 0.416 e. The monoisotopic (exact) mass is 305 g/mol. The minimum absolute atomic E-state index is 0.173. The van der Waals surface area contributed by atoms with E-state index < -0.39 is 11.7 Å². The molecular weight excluding hydrogens is 283 g/mol. The van der Waals surface area contributed by atoms with Gasteiger partial charge in [-0.1, -0.05) is 6.92 Å². The molecule has 0 spiro atoms. The zero-order valence-corrected chi connectivity index (χ0v) is 12.7. The lowest BCUT2D eigenvalue weighted by Gasteiger charge is -2.20. The van der Waals surface area contributed by atoms with Crippen molar-refractivity contribution in [2.24, 2.45) is 0 Å². The molecule has 0 bridgehead atoms. The highest BCUT2D eigenvalue weighted by Gasteiger charge is 2.32. The van der Waals surface area contributed by atoms with Gasteiger partial charge in [0.2, 0.25) is 0 Å². The molecule has 0 N–H and O–H groups in total. The summed E-state index contributed by atoms with van der Waals surface area (Å²) in [4.78, 5) is 2.15. The molecule has 1 rings (SSSR count). The summed E-state index contributed by atoms with van der Waals surface area (Å²) in [5.41, 5.74) is -0.447. The minimum Gasteiger partial charge on any atom is -0.492 e. The number of alkyl halides is 3. The van der Waals surface area contributed by atoms with Crippen molar-refractivity contribution < 1.29 is 22.6 Å². The van der Waals surface area contributed by atoms with E-state index in [-0.39, 0.29) is 5.56 Å². The normalized spacial score (nSPS) is 12.0. The number of rotatable bonds is 8. The third kappa shape index (κ3) is 5.93. The lowest BCUT2D eigenvalue weighted by molar-refractivity contribution is -0.138. The van der Waals surface area contributed by atoms with Crippen LogP contribution in [-0.2, 0) is 10.9 Å². The molecule has 0 radical (unpaired) electrons. The number of halogens is 3. The number of methoxy groups -OCH3 is 1. The van der Waals surface area contributed by atoms with Crippen molar-refractivity contribution in [3.63, 3.8) is 0 Å². The summed E-state index contributed by atoms with van der Waals surface area (Å²) in [5, 5.41) is 0. The van der Waals surface area contributed by atoms with Crippen molar-refractivity contribution in [2.45, 2.75) is 20.0 Å². The number of likely N-dealkylation sites (N-methyl/N-ethyl adjacent to an activating group) is 1. The molecule has 6 heteroatoms. The zero-order chi connectivity index (χ0) is 15.9. The average molecular weight is 305 g/mol. The zero-order valence-electron chi connectivity index (χ0n) is 12.7. The van der Waals surface area contributed by atoms with Crippen molar-refractivity contribution in [1.82, 2.24) is 4.90 Å². The lowest BCUT2D eigenvalue weighted by Crippen LogP contribution is -2.31. The van der Waals surface area contributed by atoms with Crippen LogP contribution >= 0.6 is 0 Å². The smallest absolute Gasteiger partial charge is 0.416 e. The maximum atomic E-state index is 12.6. The summed E-state index contributed by atoms with van der Waals surface area (Å²) in [5.74, 6) is 0.461. The van der Waals surface area contributed by atoms with Crippen molar-refractivity contribution in [2.75, 3.05) is 40.0 Å². The number of benzene rings is 1. The Labute approximate surface area is 123 Å². The Balaban J connectivity index is 2.51. The minimum atomic E-state index is -4.32. The Bertz CT molecular complexity index is 435. The van der Waals surface area contributed by atoms with E-state index in [1.165, 1.54) is 19.1 Å². The third-order valence-corrected chi connectivity index (χ3v) is 3.24. The van der Waals surface area contributed by atoms with Crippen LogP contribution in [0.4, 0.5) is 13.2 Å². The van der Waals surface area contributed by atoms with Gasteiger partial charge >= 0.3 is 6.18 Å². The lowest BCUT2D eigenvalue weighted by atomic mass is 10.1. The van der Waals surface area contributed by atoms with Gasteiger partial charge in [0.05, 0.1) is 12.2 Å². The summed E-state index contributed by atoms with van der Waals surface area (Å²) in [6.45, 7) is 6.95. The first-order chi connectivity index (χ1) is 9.88. The van der Waals surface area contributed by atoms with Gasteiger partial charge in [0.15, 0.2) is 0 Å². The first-order valence-corrected chi connectivity index (χ1v) is 6.90. The molecule has 0 unspecified atom stereocenters. The Morgan fingerprint density at radius 1 is 1.14 bits per heavy atom. The summed E-state index contributed by atoms with van der Waals surface area (Å²) >= 11 is 0. The first kappa shape index (κ1) is 17.8. The van der Waals surface area contributed by atoms with Crippen LogP contribution in [-0.4, -0.2) is 44.9 Å². The van der Waals surface area contributed by atoms with E-state index >= 15 is 0 Å². The van der Waals surface area contributed by atoms with Crippen LogP contribution < -0.4 is 4.74 Å². The van der Waals surface area contributed by atoms with Crippen LogP contribution in [0.3, 0.4) is 0 Å². The van der Waals surface area contributed by atoms with Gasteiger partial charge in [0.1, 0.15) is 12.4 Å². The quantitative estimate of drug-likeness (QED) is 0.735. The molecule has 0 amide bonds. The molecule has 0 saturated carbocycles. The first-order valence-electron chi connectivity index (χ1n) is 6.90. The van der Waals surface area contributed by atoms with Gasteiger partial charge in [0.25, 0.3) is 0 Å². The van der Waals surface area contributed by atoms with E-state index in [1.807, 2.05) is 6.92 Å². The Morgan fingerprint density at radius 2 is 1.81 bits per heavy atom. The molecule has 0 aliphatic heterocycles. The second-order valence-electron chi connectivity index (χ2n) is 4.75. The van der Waals surface area contributed by atoms with Crippen LogP contribution in [0.5, 0.6) is 5.75 Å². The summed E-state index contributed by atoms with van der Waals surface area (Å²) in [6, 6.07) is 3.85. The predicted octanol–water partition coefficient (Wildman–Crippen LogP) is 3.36. The van der Waals surface area contributed by atoms with Gasteiger partial charge in [-0.15, -0.1) is 0 Å². The highest BCUT2D eigenvalue weighted by atomic mass is 19.4. The van der Waals surface area contributed by atoms with Crippen molar-refractivity contribution in [3.8, 4) is 5.75 Å². The van der Waals surface area contributed by atoms with Crippen molar-refractivity contribution in [3.05, 3.63) is 29.3 Å². The van der Waals surface area contributed by atoms with E-state index in [0.717, 1.165) is 19.2 Å². The van der Waals surface area contributed by atoms with Gasteiger partial charge in [0, 0.05) is 20.2 Å². The molecule has 1 aromatic carbocycles. The Morgan fingerprint density at radius 3 is 2.33 bits per heavy atom. The predicted molar refractivity (Wildman–Crippen MR) is 75.7 cm³/mol. The molecule has 0 heterocycles. The molecule has 3 nitrogen and oxygen atoms in total. The molecule has 0 aromatic heterocycles. The second-order valence-corrected chi connectivity index (χ2v) is 4.75. The third-order valence-electron chi connectivity index (χ3n) is 3.24. The van der Waals surface area contributed by atoms with Gasteiger partial charge in [-0.2, -0.15) is 13.2 Å². The van der Waals surface area contributed by atoms with E-state index in [1.54, 1.807) is 7.11 Å². The van der Waals surface area contributed by atoms with E-state index in [9.17, 15) is 13.2 Å². The fourth-order valence-corrected chi connectivity index (χ4v) is 1.99. The molecule has 0 aliphatic rings. The van der Waals surface area contributed by atoms with Crippen LogP contribution in [0.25, 0.3) is 0 Å². The number of nitrogens with zero attached hydrogens (tertiary/aromatic N) is 1. The van der Waals surface area contributed by atoms with E-state index in [4.69, 9.17) is 9.47 Å². The van der Waals surface area contributed by atoms with Crippen molar-refractivity contribution in [1.29, 1.82) is 0 Å². The topological polar surface area (TPSA) is 21.7 Å². The van der Waals surface area contributed by atoms with E-state index in [2.05, 4.69) is 4.90 Å². The number of aryl methyl sites for hydroxylation is 1. The summed E-state index contributed by atoms with van der Waals surface area (Å²) in [7, 11) is 1.65. The number of ether oxygens (including phenoxy) is 2. The van der Waals surface area contributed by atoms with Gasteiger partial charge in [-0.25, -0.2) is 0 Å². The van der Waals surface area contributed by atoms with Crippen LogP contribution in [0, 0.1) is 6.92 Å². The second kappa shape index (κ2) is 8.24. The molecule has 1 aromatic rings. The van der Waals surface area contributed by atoms with Crippen LogP contribution in [0.1, 0.15) is 18.1 Å². The van der Waals surface area contributed by atoms with Gasteiger partial charge in [-0.3, -0.25) is 4.90 Å². The highest BCUT2D eigenvalue weighted by Crippen LogP contribution is 2.33. The standard InChI is InChI=1S/C15H22F3NO2/c1-4-19(7-9-20-3)8-10-21-13-5-6-14(12(2)11-13)15(16,17)18/h5-6,11H,4,7-10H2,1-3H3. The summed E-state index contributed by atoms with van der Waals surface area (Å²) in [6.07, 6.45) is -4.32. The van der Waals surface area contributed by atoms with Gasteiger partial charge < -0.3 is 9.47 Å². The van der Waals surface area contributed by atoms with Crippen molar-refractivity contribution >= 4 is 0 Å².